The van der Waals surface area contributed by atoms with Crippen LogP contribution in [-0.4, -0.2) is 70.4 Å². The second kappa shape index (κ2) is 10.1. The Hall–Kier alpha value is -4.59. The standard InChI is InChI=1S/C27H20F4N2O8/c1-10-23(40-11(2)34)19(33-26(38)27(29,30)31)17(28)25(39-10)41-24-18-14(8-5-9-32-18)15-16(22(24)37)21(36)13-7-4-3-6-12(13)20(15)35/h3-10,17,19,23,25,37H,1-2H3,(H,33,38)/t10-,17+,19-,23+,25-/m0/s1. The molecule has 0 spiro atoms. The fourth-order valence-electron chi connectivity index (χ4n) is 4.95. The number of esters is 1. The molecular formula is C27H20F4N2O8. The van der Waals surface area contributed by atoms with E-state index in [0.29, 0.717) is 0 Å². The summed E-state index contributed by atoms with van der Waals surface area (Å²) in [6, 6.07) is 6.70. The molecule has 214 valence electrons. The summed E-state index contributed by atoms with van der Waals surface area (Å²) in [5.74, 6) is -6.26. The molecule has 1 aliphatic carbocycles. The maximum absolute atomic E-state index is 15.8. The molecule has 10 nitrogen and oxygen atoms in total. The van der Waals surface area contributed by atoms with Crippen molar-refractivity contribution in [3.8, 4) is 11.5 Å². The highest BCUT2D eigenvalue weighted by Crippen LogP contribution is 2.45. The van der Waals surface area contributed by atoms with Crippen molar-refractivity contribution >= 4 is 34.3 Å². The van der Waals surface area contributed by atoms with Gasteiger partial charge >= 0.3 is 18.1 Å². The first-order valence-electron chi connectivity index (χ1n) is 12.1. The minimum absolute atomic E-state index is 0.000419. The average Bonchev–Trinajstić information content (AvgIpc) is 2.92. The molecule has 14 heteroatoms. The number of amides is 1. The van der Waals surface area contributed by atoms with Gasteiger partial charge in [0, 0.05) is 35.2 Å². The molecule has 0 bridgehead atoms. The molecule has 1 aromatic heterocycles. The molecule has 1 amide bonds. The van der Waals surface area contributed by atoms with Gasteiger partial charge in [0.1, 0.15) is 11.6 Å². The largest absolute Gasteiger partial charge is 0.504 e. The number of pyridine rings is 1. The van der Waals surface area contributed by atoms with E-state index in [2.05, 4.69) is 4.98 Å². The predicted molar refractivity (Wildman–Crippen MR) is 130 cm³/mol. The molecule has 0 unspecified atom stereocenters. The van der Waals surface area contributed by atoms with E-state index in [1.807, 2.05) is 0 Å². The number of carbonyl (C=O) groups excluding carboxylic acids is 4. The third kappa shape index (κ3) is 4.73. The maximum atomic E-state index is 15.8. The Morgan fingerprint density at radius 3 is 2.29 bits per heavy atom. The number of aromatic hydroxyl groups is 1. The number of hydrogen-bond acceptors (Lipinski definition) is 9. The zero-order valence-corrected chi connectivity index (χ0v) is 21.2. The van der Waals surface area contributed by atoms with Gasteiger partial charge < -0.3 is 24.6 Å². The summed E-state index contributed by atoms with van der Waals surface area (Å²) in [5.41, 5.74) is -0.689. The third-order valence-electron chi connectivity index (χ3n) is 6.72. The molecule has 2 aliphatic rings. The highest BCUT2D eigenvalue weighted by atomic mass is 19.4. The van der Waals surface area contributed by atoms with Crippen LogP contribution in [0.2, 0.25) is 0 Å². The van der Waals surface area contributed by atoms with Crippen molar-refractivity contribution in [2.24, 2.45) is 0 Å². The van der Waals surface area contributed by atoms with Crippen molar-refractivity contribution < 1.29 is 56.1 Å². The number of phenols is 1. The van der Waals surface area contributed by atoms with Crippen molar-refractivity contribution in [1.82, 2.24) is 10.3 Å². The van der Waals surface area contributed by atoms with E-state index in [1.54, 1.807) is 6.07 Å². The Morgan fingerprint density at radius 1 is 1.05 bits per heavy atom. The number of nitrogens with zero attached hydrogens (tertiary/aromatic N) is 1. The van der Waals surface area contributed by atoms with Crippen molar-refractivity contribution in [3.05, 3.63) is 64.8 Å². The number of halogens is 4. The van der Waals surface area contributed by atoms with Crippen LogP contribution in [0, 0.1) is 0 Å². The zero-order valence-electron chi connectivity index (χ0n) is 21.2. The van der Waals surface area contributed by atoms with Crippen LogP contribution >= 0.6 is 0 Å². The summed E-state index contributed by atoms with van der Waals surface area (Å²) in [7, 11) is 0. The van der Waals surface area contributed by atoms with E-state index >= 15 is 4.39 Å². The van der Waals surface area contributed by atoms with E-state index in [0.717, 1.165) is 6.92 Å². The summed E-state index contributed by atoms with van der Waals surface area (Å²) < 4.78 is 70.9. The smallest absolute Gasteiger partial charge is 0.471 e. The Kier molecular flexibility index (Phi) is 6.89. The molecule has 0 saturated carbocycles. The number of alkyl halides is 4. The number of rotatable bonds is 4. The lowest BCUT2D eigenvalue weighted by molar-refractivity contribution is -0.234. The van der Waals surface area contributed by atoms with Crippen molar-refractivity contribution in [3.63, 3.8) is 0 Å². The SMILES string of the molecule is CC(=O)O[C@H]1[C@@H](NC(=O)C(F)(F)F)[C@@H](F)[C@H](Oc2c(O)c3c(c4cccnc24)C(=O)c2ccccc2C3=O)O[C@H]1C. The fraction of sp³-hybridized carbons (Fsp3) is 0.296. The molecule has 1 fully saturated rings. The second-order valence-corrected chi connectivity index (χ2v) is 9.37. The second-order valence-electron chi connectivity index (χ2n) is 9.37. The van der Waals surface area contributed by atoms with Gasteiger partial charge in [-0.15, -0.1) is 0 Å². The summed E-state index contributed by atoms with van der Waals surface area (Å²) in [6.45, 7) is 2.18. The molecular weight excluding hydrogens is 556 g/mol. The minimum Gasteiger partial charge on any atom is -0.504 e. The van der Waals surface area contributed by atoms with Crippen LogP contribution in [0.25, 0.3) is 10.9 Å². The average molecular weight is 576 g/mol. The first-order chi connectivity index (χ1) is 19.3. The van der Waals surface area contributed by atoms with E-state index in [-0.39, 0.29) is 27.6 Å². The monoisotopic (exact) mass is 576 g/mol. The van der Waals surface area contributed by atoms with Gasteiger partial charge in [0.2, 0.25) is 6.29 Å². The number of hydrogen-bond donors (Lipinski definition) is 2. The number of aromatic nitrogens is 1. The Labute approximate surface area is 228 Å². The van der Waals surface area contributed by atoms with Gasteiger partial charge in [0.05, 0.1) is 11.7 Å². The predicted octanol–water partition coefficient (Wildman–Crippen LogP) is 3.16. The number of carbonyl (C=O) groups is 4. The topological polar surface area (TPSA) is 141 Å². The van der Waals surface area contributed by atoms with Crippen LogP contribution in [0.4, 0.5) is 17.6 Å². The van der Waals surface area contributed by atoms with Gasteiger partial charge in [0.15, 0.2) is 35.3 Å². The van der Waals surface area contributed by atoms with Crippen LogP contribution in [0.15, 0.2) is 42.6 Å². The summed E-state index contributed by atoms with van der Waals surface area (Å²) in [6.07, 6.45) is -11.8. The van der Waals surface area contributed by atoms with Gasteiger partial charge in [-0.05, 0) is 13.0 Å². The van der Waals surface area contributed by atoms with E-state index in [9.17, 15) is 37.5 Å². The van der Waals surface area contributed by atoms with Gasteiger partial charge in [-0.1, -0.05) is 30.3 Å². The fourth-order valence-corrected chi connectivity index (χ4v) is 4.95. The number of phenolic OH excluding ortho intramolecular Hbond substituents is 1. The van der Waals surface area contributed by atoms with Gasteiger partial charge in [-0.3, -0.25) is 24.2 Å². The normalized spacial score (nSPS) is 23.9. The number of ether oxygens (including phenoxy) is 3. The van der Waals surface area contributed by atoms with Crippen LogP contribution < -0.4 is 10.1 Å². The molecule has 2 N–H and O–H groups in total. The van der Waals surface area contributed by atoms with Crippen LogP contribution in [-0.2, 0) is 19.1 Å². The first-order valence-corrected chi connectivity index (χ1v) is 12.1. The molecule has 2 heterocycles. The Bertz CT molecular complexity index is 1610. The molecule has 0 radical (unpaired) electrons. The summed E-state index contributed by atoms with van der Waals surface area (Å²) in [5, 5.41) is 12.8. The van der Waals surface area contributed by atoms with Crippen molar-refractivity contribution in [2.75, 3.05) is 0 Å². The first kappa shape index (κ1) is 28.0. The van der Waals surface area contributed by atoms with Crippen LogP contribution in [0.1, 0.15) is 45.7 Å². The van der Waals surface area contributed by atoms with Gasteiger partial charge in [0.25, 0.3) is 0 Å². The van der Waals surface area contributed by atoms with E-state index < -0.39 is 77.4 Å². The number of ketones is 2. The molecule has 1 aliphatic heterocycles. The van der Waals surface area contributed by atoms with E-state index in [1.165, 1.54) is 48.8 Å². The highest BCUT2D eigenvalue weighted by molar-refractivity contribution is 6.33. The lowest BCUT2D eigenvalue weighted by Crippen LogP contribution is -2.65. The van der Waals surface area contributed by atoms with Gasteiger partial charge in [-0.25, -0.2) is 4.39 Å². The van der Waals surface area contributed by atoms with Crippen LogP contribution in [0.5, 0.6) is 11.5 Å². The lowest BCUT2D eigenvalue weighted by Gasteiger charge is -2.42. The molecule has 1 saturated heterocycles. The molecule has 5 rings (SSSR count). The minimum atomic E-state index is -5.39. The van der Waals surface area contributed by atoms with E-state index in [4.69, 9.17) is 14.2 Å². The summed E-state index contributed by atoms with van der Waals surface area (Å²) >= 11 is 0. The van der Waals surface area contributed by atoms with Gasteiger partial charge in [-0.2, -0.15) is 13.2 Å². The molecule has 2 aromatic carbocycles. The maximum Gasteiger partial charge on any atom is 0.471 e. The Morgan fingerprint density at radius 2 is 1.68 bits per heavy atom. The van der Waals surface area contributed by atoms with Crippen molar-refractivity contribution in [2.45, 2.75) is 50.7 Å². The van der Waals surface area contributed by atoms with Crippen LogP contribution in [0.3, 0.4) is 0 Å². The molecule has 41 heavy (non-hydrogen) atoms. The summed E-state index contributed by atoms with van der Waals surface area (Å²) in [4.78, 5) is 54.2. The number of benzene rings is 2. The third-order valence-corrected chi connectivity index (χ3v) is 6.72. The molecule has 5 atom stereocenters. The lowest BCUT2D eigenvalue weighted by atomic mass is 9.81. The quantitative estimate of drug-likeness (QED) is 0.277. The molecule has 3 aromatic rings. The highest BCUT2D eigenvalue weighted by Gasteiger charge is 2.52. The number of nitrogens with one attached hydrogen (secondary N) is 1. The van der Waals surface area contributed by atoms with Crippen molar-refractivity contribution in [1.29, 1.82) is 0 Å². The number of fused-ring (bicyclic) bond motifs is 4. The Balaban J connectivity index is 1.59. The zero-order chi connectivity index (χ0) is 29.8.